The van der Waals surface area contributed by atoms with Crippen LogP contribution in [0.3, 0.4) is 0 Å². The van der Waals surface area contributed by atoms with Gasteiger partial charge in [0.2, 0.25) is 0 Å². The van der Waals surface area contributed by atoms with Crippen molar-refractivity contribution >= 4 is 17.2 Å². The monoisotopic (exact) mass is 251 g/mol. The molecule has 94 valence electrons. The largest absolute Gasteiger partial charge is 0.349 e. The zero-order valence-electron chi connectivity index (χ0n) is 10.5. The smallest absolute Gasteiger partial charge is 0.293 e. The number of nitrogens with zero attached hydrogens (tertiary/aromatic N) is 3. The molecule has 1 aromatic heterocycles. The van der Waals surface area contributed by atoms with Crippen LogP contribution in [-0.2, 0) is 7.05 Å². The number of hydrogen-bond acceptors (Lipinski definition) is 2. The van der Waals surface area contributed by atoms with Crippen molar-refractivity contribution in [1.82, 2.24) is 9.24 Å². The fourth-order valence-electron chi connectivity index (χ4n) is 2.05. The van der Waals surface area contributed by atoms with Crippen LogP contribution in [0.1, 0.15) is 5.56 Å². The fraction of sp³-hybridized carbons (Fsp3) is 0.0667. The van der Waals surface area contributed by atoms with Crippen LogP contribution >= 0.6 is 0 Å². The van der Waals surface area contributed by atoms with Gasteiger partial charge in [-0.25, -0.2) is 4.79 Å². The molecule has 2 aromatic carbocycles. The highest BCUT2D eigenvalue weighted by Gasteiger charge is 2.07. The Labute approximate surface area is 110 Å². The van der Waals surface area contributed by atoms with E-state index in [0.29, 0.717) is 0 Å². The molecule has 4 heteroatoms. The van der Waals surface area contributed by atoms with Crippen LogP contribution < -0.4 is 5.69 Å². The van der Waals surface area contributed by atoms with Crippen molar-refractivity contribution < 1.29 is 0 Å². The lowest BCUT2D eigenvalue weighted by Gasteiger charge is -1.94. The lowest BCUT2D eigenvalue weighted by atomic mass is 10.2. The van der Waals surface area contributed by atoms with Gasteiger partial charge in [0.1, 0.15) is 0 Å². The molecular weight excluding hydrogens is 238 g/mol. The molecule has 1 heterocycles. The van der Waals surface area contributed by atoms with E-state index in [-0.39, 0.29) is 5.69 Å². The molecule has 0 N–H and O–H groups in total. The van der Waals surface area contributed by atoms with Gasteiger partial charge in [0.05, 0.1) is 17.2 Å². The van der Waals surface area contributed by atoms with Gasteiger partial charge >= 0.3 is 5.69 Å². The Balaban J connectivity index is 2.14. The molecule has 0 aliphatic heterocycles. The number of aryl methyl sites for hydroxylation is 1. The second-order valence-electron chi connectivity index (χ2n) is 4.30. The van der Waals surface area contributed by atoms with Crippen LogP contribution in [0.25, 0.3) is 11.0 Å². The van der Waals surface area contributed by atoms with E-state index in [1.165, 1.54) is 4.68 Å². The lowest BCUT2D eigenvalue weighted by Crippen LogP contribution is -2.19. The molecule has 19 heavy (non-hydrogen) atoms. The number of hydrogen-bond donors (Lipinski definition) is 0. The first kappa shape index (κ1) is 11.5. The number of imidazole rings is 1. The van der Waals surface area contributed by atoms with Gasteiger partial charge < -0.3 is 0 Å². The molecule has 0 amide bonds. The Morgan fingerprint density at radius 3 is 2.32 bits per heavy atom. The van der Waals surface area contributed by atoms with E-state index in [4.69, 9.17) is 0 Å². The Bertz CT molecular complexity index is 797. The normalized spacial score (nSPS) is 11.4. The van der Waals surface area contributed by atoms with E-state index in [2.05, 4.69) is 5.10 Å². The van der Waals surface area contributed by atoms with Crippen molar-refractivity contribution in [2.24, 2.45) is 12.1 Å². The van der Waals surface area contributed by atoms with Gasteiger partial charge in [-0.15, -0.1) is 0 Å². The van der Waals surface area contributed by atoms with Crippen LogP contribution in [0, 0.1) is 0 Å². The summed E-state index contributed by atoms with van der Waals surface area (Å²) in [5.41, 5.74) is 2.50. The maximum Gasteiger partial charge on any atom is 0.349 e. The minimum atomic E-state index is -0.145. The van der Waals surface area contributed by atoms with Crippen molar-refractivity contribution in [3.05, 3.63) is 70.6 Å². The van der Waals surface area contributed by atoms with Crippen molar-refractivity contribution in [2.75, 3.05) is 0 Å². The highest BCUT2D eigenvalue weighted by Crippen LogP contribution is 2.11. The van der Waals surface area contributed by atoms with Gasteiger partial charge in [-0.05, 0) is 17.7 Å². The van der Waals surface area contributed by atoms with Crippen molar-refractivity contribution in [3.8, 4) is 0 Å². The summed E-state index contributed by atoms with van der Waals surface area (Å²) in [6.07, 6.45) is 1.69. The molecule has 3 aromatic rings. The van der Waals surface area contributed by atoms with Crippen LogP contribution in [0.2, 0.25) is 0 Å². The van der Waals surface area contributed by atoms with Gasteiger partial charge in [0, 0.05) is 7.05 Å². The SMILES string of the molecule is Cn1c(=O)n(/N=C/c2ccccc2)c2ccccc21. The summed E-state index contributed by atoms with van der Waals surface area (Å²) in [5, 5.41) is 4.28. The highest BCUT2D eigenvalue weighted by molar-refractivity contribution is 5.81. The molecule has 4 nitrogen and oxygen atoms in total. The van der Waals surface area contributed by atoms with Gasteiger partial charge in [0.25, 0.3) is 0 Å². The Morgan fingerprint density at radius 2 is 1.58 bits per heavy atom. The molecule has 3 rings (SSSR count). The van der Waals surface area contributed by atoms with E-state index in [9.17, 15) is 4.79 Å². The van der Waals surface area contributed by atoms with E-state index < -0.39 is 0 Å². The van der Waals surface area contributed by atoms with Crippen molar-refractivity contribution in [2.45, 2.75) is 0 Å². The highest BCUT2D eigenvalue weighted by atomic mass is 16.2. The van der Waals surface area contributed by atoms with Crippen LogP contribution in [-0.4, -0.2) is 15.5 Å². The van der Waals surface area contributed by atoms with E-state index in [1.807, 2.05) is 54.6 Å². The van der Waals surface area contributed by atoms with Crippen LogP contribution in [0.4, 0.5) is 0 Å². The average Bonchev–Trinajstić information content (AvgIpc) is 2.71. The van der Waals surface area contributed by atoms with Crippen molar-refractivity contribution in [1.29, 1.82) is 0 Å². The van der Waals surface area contributed by atoms with Gasteiger partial charge in [-0.3, -0.25) is 4.57 Å². The molecule has 0 saturated heterocycles. The summed E-state index contributed by atoms with van der Waals surface area (Å²) >= 11 is 0. The predicted molar refractivity (Wildman–Crippen MR) is 76.6 cm³/mol. The topological polar surface area (TPSA) is 39.3 Å². The third-order valence-corrected chi connectivity index (χ3v) is 3.06. The summed E-state index contributed by atoms with van der Waals surface area (Å²) in [6.45, 7) is 0. The summed E-state index contributed by atoms with van der Waals surface area (Å²) in [6, 6.07) is 17.3. The summed E-state index contributed by atoms with van der Waals surface area (Å²) < 4.78 is 3.01. The molecule has 0 atom stereocenters. The van der Waals surface area contributed by atoms with Gasteiger partial charge in [-0.2, -0.15) is 9.78 Å². The van der Waals surface area contributed by atoms with Crippen LogP contribution in [0.15, 0.2) is 64.5 Å². The Kier molecular flexibility index (Phi) is 2.76. The lowest BCUT2D eigenvalue weighted by molar-refractivity contribution is 0.781. The van der Waals surface area contributed by atoms with E-state index >= 15 is 0 Å². The minimum absolute atomic E-state index is 0.145. The maximum atomic E-state index is 12.1. The Morgan fingerprint density at radius 1 is 0.947 bits per heavy atom. The minimum Gasteiger partial charge on any atom is -0.293 e. The zero-order valence-corrected chi connectivity index (χ0v) is 10.5. The second-order valence-corrected chi connectivity index (χ2v) is 4.30. The quantitative estimate of drug-likeness (QED) is 0.644. The standard InChI is InChI=1S/C15H13N3O/c1-17-13-9-5-6-10-14(13)18(15(17)19)16-11-12-7-3-2-4-8-12/h2-11H,1H3/b16-11+. The predicted octanol–water partition coefficient (Wildman–Crippen LogP) is 2.22. The van der Waals surface area contributed by atoms with Crippen LogP contribution in [0.5, 0.6) is 0 Å². The molecule has 0 bridgehead atoms. The molecule has 0 radical (unpaired) electrons. The number of para-hydroxylation sites is 2. The summed E-state index contributed by atoms with van der Waals surface area (Å²) in [5.74, 6) is 0. The Hall–Kier alpha value is -2.62. The average molecular weight is 251 g/mol. The zero-order chi connectivity index (χ0) is 13.2. The number of aromatic nitrogens is 2. The maximum absolute atomic E-state index is 12.1. The van der Waals surface area contributed by atoms with E-state index in [0.717, 1.165) is 16.6 Å². The molecular formula is C15H13N3O. The molecule has 0 aliphatic carbocycles. The molecule has 0 fully saturated rings. The number of benzene rings is 2. The molecule has 0 unspecified atom stereocenters. The van der Waals surface area contributed by atoms with Gasteiger partial charge in [0.15, 0.2) is 0 Å². The summed E-state index contributed by atoms with van der Waals surface area (Å²) in [4.78, 5) is 12.1. The fourth-order valence-corrected chi connectivity index (χ4v) is 2.05. The molecule has 0 spiro atoms. The first-order chi connectivity index (χ1) is 9.27. The summed E-state index contributed by atoms with van der Waals surface area (Å²) in [7, 11) is 1.75. The number of rotatable bonds is 2. The second kappa shape index (κ2) is 4.57. The van der Waals surface area contributed by atoms with Gasteiger partial charge in [-0.1, -0.05) is 42.5 Å². The van der Waals surface area contributed by atoms with Crippen molar-refractivity contribution in [3.63, 3.8) is 0 Å². The first-order valence-electron chi connectivity index (χ1n) is 6.03. The molecule has 0 saturated carbocycles. The number of fused-ring (bicyclic) bond motifs is 1. The third-order valence-electron chi connectivity index (χ3n) is 3.06. The third kappa shape index (κ3) is 1.97. The first-order valence-corrected chi connectivity index (χ1v) is 6.03. The molecule has 0 aliphatic rings. The van der Waals surface area contributed by atoms with E-state index in [1.54, 1.807) is 17.8 Å².